The first-order valence-corrected chi connectivity index (χ1v) is 12.5. The van der Waals surface area contributed by atoms with Crippen molar-refractivity contribution in [3.05, 3.63) is 33.9 Å². The van der Waals surface area contributed by atoms with Gasteiger partial charge in [-0.25, -0.2) is 0 Å². The summed E-state index contributed by atoms with van der Waals surface area (Å²) in [6.07, 6.45) is 0.883. The second-order valence-corrected chi connectivity index (χ2v) is 12.1. The summed E-state index contributed by atoms with van der Waals surface area (Å²) < 4.78 is 0. The first-order chi connectivity index (χ1) is 16.6. The van der Waals surface area contributed by atoms with E-state index in [0.29, 0.717) is 33.8 Å². The summed E-state index contributed by atoms with van der Waals surface area (Å²) >= 11 is 12.3. The minimum atomic E-state index is -1.06. The summed E-state index contributed by atoms with van der Waals surface area (Å²) in [6.45, 7) is 9.58. The fraction of sp³-hybridized carbons (Fsp3) is 0.520. The minimum Gasteiger partial charge on any atom is -0.368 e. The molecule has 1 aromatic carbocycles. The monoisotopic (exact) mass is 537 g/mol. The number of amides is 4. The van der Waals surface area contributed by atoms with E-state index in [4.69, 9.17) is 28.9 Å². The number of carbonyl (C=O) groups is 4. The topological polar surface area (TPSA) is 146 Å². The van der Waals surface area contributed by atoms with Crippen LogP contribution in [0.1, 0.15) is 64.4 Å². The molecule has 1 aromatic heterocycles. The number of nitrogens with one attached hydrogen (secondary N) is 4. The molecule has 11 heteroatoms. The van der Waals surface area contributed by atoms with Crippen LogP contribution < -0.4 is 21.7 Å². The van der Waals surface area contributed by atoms with E-state index >= 15 is 0 Å². The van der Waals surface area contributed by atoms with E-state index in [0.717, 1.165) is 0 Å². The zero-order valence-corrected chi connectivity index (χ0v) is 22.6. The summed E-state index contributed by atoms with van der Waals surface area (Å²) in [5, 5.41) is 9.62. The van der Waals surface area contributed by atoms with Crippen molar-refractivity contribution in [2.45, 2.75) is 71.5 Å². The molecule has 4 amide bonds. The second-order valence-electron chi connectivity index (χ2n) is 11.3. The van der Waals surface area contributed by atoms with Crippen LogP contribution in [0.5, 0.6) is 0 Å². The Morgan fingerprint density at radius 2 is 1.83 bits per heavy atom. The molecule has 196 valence electrons. The van der Waals surface area contributed by atoms with Gasteiger partial charge in [0.05, 0.1) is 15.6 Å². The molecule has 0 aliphatic carbocycles. The van der Waals surface area contributed by atoms with Crippen LogP contribution >= 0.6 is 23.2 Å². The molecule has 1 fully saturated rings. The van der Waals surface area contributed by atoms with Crippen molar-refractivity contribution in [2.75, 3.05) is 0 Å². The molecule has 0 spiro atoms. The molecule has 9 nitrogen and oxygen atoms in total. The quantitative estimate of drug-likeness (QED) is 0.351. The van der Waals surface area contributed by atoms with Gasteiger partial charge in [0.15, 0.2) is 0 Å². The Kier molecular flexibility index (Phi) is 7.95. The van der Waals surface area contributed by atoms with Crippen LogP contribution in [0.25, 0.3) is 10.9 Å². The number of primary amides is 1. The molecule has 2 aromatic rings. The van der Waals surface area contributed by atoms with E-state index in [1.54, 1.807) is 18.2 Å². The minimum absolute atomic E-state index is 0.0772. The summed E-state index contributed by atoms with van der Waals surface area (Å²) in [4.78, 5) is 53.8. The van der Waals surface area contributed by atoms with Gasteiger partial charge < -0.3 is 26.7 Å². The number of aromatic amines is 1. The Bertz CT molecular complexity index is 1200. The average molecular weight is 538 g/mol. The molecule has 1 aliphatic heterocycles. The van der Waals surface area contributed by atoms with Crippen LogP contribution in [-0.4, -0.2) is 46.2 Å². The number of fused-ring (bicyclic) bond motifs is 1. The molecule has 1 aliphatic rings. The van der Waals surface area contributed by atoms with E-state index in [9.17, 15) is 19.2 Å². The highest BCUT2D eigenvalue weighted by molar-refractivity contribution is 6.45. The van der Waals surface area contributed by atoms with Crippen LogP contribution in [0.15, 0.2) is 18.2 Å². The van der Waals surface area contributed by atoms with Crippen molar-refractivity contribution in [2.24, 2.45) is 17.1 Å². The fourth-order valence-electron chi connectivity index (χ4n) is 4.51. The lowest BCUT2D eigenvalue weighted by atomic mass is 9.87. The van der Waals surface area contributed by atoms with Crippen molar-refractivity contribution in [1.82, 2.24) is 20.9 Å². The van der Waals surface area contributed by atoms with Crippen molar-refractivity contribution in [3.63, 3.8) is 0 Å². The van der Waals surface area contributed by atoms with Gasteiger partial charge in [0.25, 0.3) is 5.91 Å². The highest BCUT2D eigenvalue weighted by Gasteiger charge is 2.40. The van der Waals surface area contributed by atoms with E-state index in [1.165, 1.54) is 0 Å². The molecule has 0 radical (unpaired) electrons. The molecule has 0 bridgehead atoms. The van der Waals surface area contributed by atoms with Gasteiger partial charge in [-0.05, 0) is 50.7 Å². The van der Waals surface area contributed by atoms with Crippen molar-refractivity contribution in [1.29, 1.82) is 0 Å². The van der Waals surface area contributed by atoms with Gasteiger partial charge in [-0.1, -0.05) is 50.0 Å². The molecule has 3 rings (SSSR count). The Hall–Kier alpha value is -2.78. The van der Waals surface area contributed by atoms with Gasteiger partial charge in [0, 0.05) is 16.8 Å². The molecule has 36 heavy (non-hydrogen) atoms. The molecule has 0 saturated carbocycles. The Labute approximate surface area is 220 Å². The summed E-state index contributed by atoms with van der Waals surface area (Å²) in [6, 6.07) is 2.96. The number of halogens is 2. The molecule has 2 heterocycles. The maximum Gasteiger partial charge on any atom is 0.268 e. The predicted molar refractivity (Wildman–Crippen MR) is 140 cm³/mol. The highest BCUT2D eigenvalue weighted by Crippen LogP contribution is 2.31. The number of hydrogen-bond acceptors (Lipinski definition) is 4. The summed E-state index contributed by atoms with van der Waals surface area (Å²) in [5.41, 5.74) is 5.55. The molecular weight excluding hydrogens is 505 g/mol. The Balaban J connectivity index is 1.78. The second kappa shape index (κ2) is 10.3. The van der Waals surface area contributed by atoms with Gasteiger partial charge in [0.2, 0.25) is 17.7 Å². The van der Waals surface area contributed by atoms with Crippen LogP contribution in [0.3, 0.4) is 0 Å². The number of H-pyrrole nitrogens is 1. The van der Waals surface area contributed by atoms with Gasteiger partial charge in [-0.3, -0.25) is 19.2 Å². The van der Waals surface area contributed by atoms with E-state index in [-0.39, 0.29) is 23.4 Å². The third-order valence-electron chi connectivity index (χ3n) is 6.14. The number of nitrogens with two attached hydrogens (primary N) is 1. The maximum atomic E-state index is 13.3. The zero-order valence-electron chi connectivity index (χ0n) is 21.1. The standard InChI is InChI=1S/C25H33Cl2N5O4/c1-24(2,3)11-17(31-22(35)16-8-12-6-7-14(26)18(27)19(12)29-16)23(36)30-15(20(28)33)9-13-10-25(4,5)32-21(13)34/h6-8,13,15,17,29H,9-11H2,1-5H3,(H2,28,33)(H,30,36)(H,31,35)(H,32,34)/t13-,15+,17+/m1/s1. The lowest BCUT2D eigenvalue weighted by Gasteiger charge is -2.28. The number of hydrogen-bond donors (Lipinski definition) is 5. The van der Waals surface area contributed by atoms with Crippen molar-refractivity contribution in [3.8, 4) is 0 Å². The maximum absolute atomic E-state index is 13.3. The lowest BCUT2D eigenvalue weighted by molar-refractivity contribution is -0.130. The largest absolute Gasteiger partial charge is 0.368 e. The van der Waals surface area contributed by atoms with Crippen LogP contribution in [0.2, 0.25) is 10.0 Å². The van der Waals surface area contributed by atoms with Crippen molar-refractivity contribution < 1.29 is 19.2 Å². The van der Waals surface area contributed by atoms with Gasteiger partial charge >= 0.3 is 0 Å². The molecular formula is C25H33Cl2N5O4. The zero-order chi connectivity index (χ0) is 27.0. The number of aromatic nitrogens is 1. The summed E-state index contributed by atoms with van der Waals surface area (Å²) in [5.74, 6) is -2.47. The number of carbonyl (C=O) groups excluding carboxylic acids is 4. The molecule has 3 atom stereocenters. The Morgan fingerprint density at radius 3 is 2.39 bits per heavy atom. The fourth-order valence-corrected chi connectivity index (χ4v) is 4.88. The van der Waals surface area contributed by atoms with E-state index < -0.39 is 41.3 Å². The van der Waals surface area contributed by atoms with E-state index in [2.05, 4.69) is 20.9 Å². The van der Waals surface area contributed by atoms with Crippen LogP contribution in [0, 0.1) is 11.3 Å². The SMILES string of the molecule is CC(C)(C)C[C@H](NC(=O)c1cc2ccc(Cl)c(Cl)c2[nH]1)C(=O)N[C@@H](C[C@@H]1CC(C)(C)NC1=O)C(N)=O. The van der Waals surface area contributed by atoms with Crippen LogP contribution in [-0.2, 0) is 14.4 Å². The van der Waals surface area contributed by atoms with Gasteiger partial charge in [0.1, 0.15) is 17.8 Å². The first kappa shape index (κ1) is 27.8. The first-order valence-electron chi connectivity index (χ1n) is 11.8. The highest BCUT2D eigenvalue weighted by atomic mass is 35.5. The number of benzene rings is 1. The molecule has 1 saturated heterocycles. The summed E-state index contributed by atoms with van der Waals surface area (Å²) in [7, 11) is 0. The Morgan fingerprint density at radius 1 is 1.17 bits per heavy atom. The van der Waals surface area contributed by atoms with E-state index in [1.807, 2.05) is 34.6 Å². The lowest BCUT2D eigenvalue weighted by Crippen LogP contribution is -2.54. The predicted octanol–water partition coefficient (Wildman–Crippen LogP) is 3.28. The normalized spacial score (nSPS) is 19.0. The number of rotatable bonds is 8. The molecule has 6 N–H and O–H groups in total. The van der Waals surface area contributed by atoms with Crippen LogP contribution in [0.4, 0.5) is 0 Å². The van der Waals surface area contributed by atoms with Crippen molar-refractivity contribution >= 4 is 57.7 Å². The van der Waals surface area contributed by atoms with Gasteiger partial charge in [-0.2, -0.15) is 0 Å². The third kappa shape index (κ3) is 6.70. The smallest absolute Gasteiger partial charge is 0.268 e. The third-order valence-corrected chi connectivity index (χ3v) is 6.94. The average Bonchev–Trinajstić information content (AvgIpc) is 3.29. The van der Waals surface area contributed by atoms with Gasteiger partial charge in [-0.15, -0.1) is 0 Å². The molecule has 0 unspecified atom stereocenters.